The second-order valence-electron chi connectivity index (χ2n) is 16.0. The van der Waals surface area contributed by atoms with E-state index in [0.717, 1.165) is 66.6 Å². The monoisotopic (exact) mass is 804 g/mol. The van der Waals surface area contributed by atoms with Crippen LogP contribution in [0.25, 0.3) is 117 Å². The normalized spacial score (nSPS) is 11.8. The Morgan fingerprint density at radius 3 is 1.29 bits per heavy atom. The van der Waals surface area contributed by atoms with Gasteiger partial charge in [-0.05, 0) is 60.7 Å². The van der Waals surface area contributed by atoms with Gasteiger partial charge in [-0.3, -0.25) is 0 Å². The molecular formula is C57H36N6. The first kappa shape index (κ1) is 35.2. The van der Waals surface area contributed by atoms with Crippen molar-refractivity contribution in [2.45, 2.75) is 0 Å². The smallest absolute Gasteiger partial charge is 0.166 e. The van der Waals surface area contributed by atoms with Gasteiger partial charge in [-0.1, -0.05) is 158 Å². The third kappa shape index (κ3) is 5.41. The molecule has 0 aliphatic rings. The second kappa shape index (κ2) is 14.0. The molecule has 6 heteroatoms. The van der Waals surface area contributed by atoms with Crippen molar-refractivity contribution in [1.29, 1.82) is 0 Å². The van der Waals surface area contributed by atoms with Gasteiger partial charge < -0.3 is 13.7 Å². The summed E-state index contributed by atoms with van der Waals surface area (Å²) in [6.07, 6.45) is 0. The van der Waals surface area contributed by atoms with Crippen LogP contribution in [-0.4, -0.2) is 28.7 Å². The largest absolute Gasteiger partial charge is 0.309 e. The van der Waals surface area contributed by atoms with Crippen LogP contribution in [0.15, 0.2) is 218 Å². The van der Waals surface area contributed by atoms with Crippen LogP contribution in [0.1, 0.15) is 0 Å². The van der Waals surface area contributed by atoms with Crippen molar-refractivity contribution in [1.82, 2.24) is 28.7 Å². The fraction of sp³-hybridized carbons (Fsp3) is 0. The molecule has 13 rings (SSSR count). The van der Waals surface area contributed by atoms with Gasteiger partial charge in [-0.2, -0.15) is 0 Å². The molecule has 63 heavy (non-hydrogen) atoms. The summed E-state index contributed by atoms with van der Waals surface area (Å²) in [4.78, 5) is 15.8. The molecule has 0 spiro atoms. The molecule has 0 bridgehead atoms. The Balaban J connectivity index is 1.19. The third-order valence-electron chi connectivity index (χ3n) is 12.5. The number of hydrogen-bond donors (Lipinski definition) is 0. The molecule has 0 fully saturated rings. The Labute approximate surface area is 362 Å². The van der Waals surface area contributed by atoms with Gasteiger partial charge >= 0.3 is 0 Å². The van der Waals surface area contributed by atoms with Crippen LogP contribution in [0, 0.1) is 0 Å². The van der Waals surface area contributed by atoms with Crippen molar-refractivity contribution in [2.24, 2.45) is 0 Å². The maximum atomic E-state index is 5.36. The van der Waals surface area contributed by atoms with E-state index in [0.29, 0.717) is 17.5 Å². The molecule has 0 radical (unpaired) electrons. The summed E-state index contributed by atoms with van der Waals surface area (Å²) < 4.78 is 7.24. The summed E-state index contributed by atoms with van der Waals surface area (Å²) in [6, 6.07) is 77.3. The van der Waals surface area contributed by atoms with E-state index in [2.05, 4.69) is 196 Å². The molecule has 0 saturated heterocycles. The van der Waals surface area contributed by atoms with E-state index >= 15 is 0 Å². The van der Waals surface area contributed by atoms with Crippen molar-refractivity contribution in [3.05, 3.63) is 218 Å². The lowest BCUT2D eigenvalue weighted by Gasteiger charge is -2.15. The molecule has 0 aliphatic heterocycles. The van der Waals surface area contributed by atoms with Gasteiger partial charge in [-0.25, -0.2) is 15.0 Å². The molecule has 294 valence electrons. The van der Waals surface area contributed by atoms with Crippen molar-refractivity contribution < 1.29 is 0 Å². The van der Waals surface area contributed by atoms with Crippen molar-refractivity contribution >= 4 is 65.4 Å². The van der Waals surface area contributed by atoms with Gasteiger partial charge in [0.25, 0.3) is 0 Å². The summed E-state index contributed by atoms with van der Waals surface area (Å²) in [6.45, 7) is 0. The number of nitrogens with zero attached hydrogens (tertiary/aromatic N) is 6. The van der Waals surface area contributed by atoms with E-state index < -0.39 is 0 Å². The van der Waals surface area contributed by atoms with Crippen LogP contribution in [-0.2, 0) is 0 Å². The molecule has 0 saturated carbocycles. The summed E-state index contributed by atoms with van der Waals surface area (Å²) >= 11 is 0. The zero-order valence-electron chi connectivity index (χ0n) is 34.0. The number of para-hydroxylation sites is 5. The van der Waals surface area contributed by atoms with E-state index in [1.54, 1.807) is 0 Å². The molecular weight excluding hydrogens is 769 g/mol. The second-order valence-corrected chi connectivity index (χ2v) is 16.0. The molecule has 4 aromatic heterocycles. The molecule has 9 aromatic carbocycles. The molecule has 0 unspecified atom stereocenters. The third-order valence-corrected chi connectivity index (χ3v) is 12.5. The predicted molar refractivity (Wildman–Crippen MR) is 259 cm³/mol. The lowest BCUT2D eigenvalue weighted by molar-refractivity contribution is 1.07. The first-order valence-electron chi connectivity index (χ1n) is 21.3. The molecule has 0 amide bonds. The minimum Gasteiger partial charge on any atom is -0.309 e. The summed E-state index contributed by atoms with van der Waals surface area (Å²) in [5.41, 5.74) is 12.7. The van der Waals surface area contributed by atoms with Gasteiger partial charge in [-0.15, -0.1) is 0 Å². The highest BCUT2D eigenvalue weighted by Gasteiger charge is 2.25. The van der Waals surface area contributed by atoms with Gasteiger partial charge in [0, 0.05) is 66.1 Å². The lowest BCUT2D eigenvalue weighted by Crippen LogP contribution is -2.03. The van der Waals surface area contributed by atoms with E-state index in [9.17, 15) is 0 Å². The number of fused-ring (bicyclic) bond motifs is 10. The van der Waals surface area contributed by atoms with Crippen LogP contribution < -0.4 is 0 Å². The average molecular weight is 805 g/mol. The van der Waals surface area contributed by atoms with Crippen molar-refractivity contribution in [3.8, 4) is 51.2 Å². The van der Waals surface area contributed by atoms with Crippen LogP contribution in [0.3, 0.4) is 0 Å². The number of rotatable bonds is 6. The average Bonchev–Trinajstić information content (AvgIpc) is 4.00. The highest BCUT2D eigenvalue weighted by atomic mass is 15.1. The fourth-order valence-electron chi connectivity index (χ4n) is 9.79. The lowest BCUT2D eigenvalue weighted by atomic mass is 10.1. The molecule has 0 atom stereocenters. The predicted octanol–water partition coefficient (Wildman–Crippen LogP) is 14.2. The van der Waals surface area contributed by atoms with Crippen LogP contribution in [0.5, 0.6) is 0 Å². The fourth-order valence-corrected chi connectivity index (χ4v) is 9.79. The van der Waals surface area contributed by atoms with Gasteiger partial charge in [0.15, 0.2) is 17.5 Å². The Bertz CT molecular complexity index is 3830. The summed E-state index contributed by atoms with van der Waals surface area (Å²) in [7, 11) is 0. The Hall–Kier alpha value is -8.61. The van der Waals surface area contributed by atoms with Gasteiger partial charge in [0.2, 0.25) is 0 Å². The zero-order chi connectivity index (χ0) is 41.4. The highest BCUT2D eigenvalue weighted by molar-refractivity contribution is 6.26. The Morgan fingerprint density at radius 1 is 0.270 bits per heavy atom. The maximum Gasteiger partial charge on any atom is 0.166 e. The Morgan fingerprint density at radius 2 is 0.714 bits per heavy atom. The number of hydrogen-bond acceptors (Lipinski definition) is 3. The molecule has 13 aromatic rings. The molecule has 4 heterocycles. The first-order chi connectivity index (χ1) is 31.3. The minimum atomic E-state index is 0.599. The first-order valence-corrected chi connectivity index (χ1v) is 21.3. The van der Waals surface area contributed by atoms with E-state index in [4.69, 9.17) is 15.0 Å². The quantitative estimate of drug-likeness (QED) is 0.168. The van der Waals surface area contributed by atoms with Crippen LogP contribution >= 0.6 is 0 Å². The highest BCUT2D eigenvalue weighted by Crippen LogP contribution is 2.45. The van der Waals surface area contributed by atoms with Crippen molar-refractivity contribution in [3.63, 3.8) is 0 Å². The van der Waals surface area contributed by atoms with E-state index in [1.165, 1.54) is 32.6 Å². The SMILES string of the molecule is c1ccc(-c2nc(-c3ccccc3)nc(-c3cc(-n4c5ccccc5c5c4ccc4c6ccccc6n(-c6ccccc6)c45)cc4c5ccccc5n(-c5ccccc5)c34)n2)cc1. The summed E-state index contributed by atoms with van der Waals surface area (Å²) in [5, 5.41) is 7.09. The molecule has 6 nitrogen and oxygen atoms in total. The van der Waals surface area contributed by atoms with E-state index in [1.807, 2.05) is 36.4 Å². The maximum absolute atomic E-state index is 5.36. The summed E-state index contributed by atoms with van der Waals surface area (Å²) in [5.74, 6) is 1.84. The molecule has 0 N–H and O–H groups in total. The van der Waals surface area contributed by atoms with Crippen molar-refractivity contribution in [2.75, 3.05) is 0 Å². The van der Waals surface area contributed by atoms with E-state index in [-0.39, 0.29) is 0 Å². The number of benzene rings is 9. The Kier molecular flexibility index (Phi) is 7.80. The molecule has 0 aliphatic carbocycles. The standard InChI is InChI=1S/C57H36N6/c1-5-19-37(20-6-1)55-58-56(38-21-7-2-8-22-38)60-57(59-55)47-36-41(35-46-43-28-14-17-31-49(43)62(53(46)47)39-23-9-3-10-24-39)61-50-32-18-15-29-45(50)52-51(61)34-33-44-42-27-13-16-30-48(42)63(54(44)52)40-25-11-4-12-26-40/h1-36H. The van der Waals surface area contributed by atoms with Crippen LogP contribution in [0.2, 0.25) is 0 Å². The van der Waals surface area contributed by atoms with Gasteiger partial charge in [0.1, 0.15) is 0 Å². The topological polar surface area (TPSA) is 53.5 Å². The zero-order valence-corrected chi connectivity index (χ0v) is 34.0. The number of aromatic nitrogens is 6. The van der Waals surface area contributed by atoms with Gasteiger partial charge in [0.05, 0.1) is 33.1 Å². The minimum absolute atomic E-state index is 0.599. The van der Waals surface area contributed by atoms with Crippen LogP contribution in [0.4, 0.5) is 0 Å².